The fourth-order valence-corrected chi connectivity index (χ4v) is 2.01. The largest absolute Gasteiger partial charge is 0.296 e. The Hall–Kier alpha value is -0.900. The first-order valence-corrected chi connectivity index (χ1v) is 5.34. The Kier molecular flexibility index (Phi) is 2.82. The summed E-state index contributed by atoms with van der Waals surface area (Å²) in [6, 6.07) is 0. The minimum absolute atomic E-state index is 0.875. The Balaban J connectivity index is 1.98. The predicted octanol–water partition coefficient (Wildman–Crippen LogP) is 1.11. The van der Waals surface area contributed by atoms with Crippen molar-refractivity contribution < 1.29 is 0 Å². The van der Waals surface area contributed by atoms with Gasteiger partial charge in [-0.1, -0.05) is 6.42 Å². The van der Waals surface area contributed by atoms with E-state index in [0.717, 1.165) is 18.2 Å². The minimum Gasteiger partial charge on any atom is -0.296 e. The molecule has 14 heavy (non-hydrogen) atoms. The van der Waals surface area contributed by atoms with Gasteiger partial charge in [0, 0.05) is 7.05 Å². The number of likely N-dealkylation sites (tertiary alicyclic amines) is 1. The lowest BCUT2D eigenvalue weighted by molar-refractivity contribution is 0.213. The predicted molar refractivity (Wildman–Crippen MR) is 54.9 cm³/mol. The molecule has 78 valence electrons. The lowest BCUT2D eigenvalue weighted by Gasteiger charge is -2.25. The Labute approximate surface area is 84.9 Å². The molecule has 2 heterocycles. The van der Waals surface area contributed by atoms with Gasteiger partial charge in [0.1, 0.15) is 11.6 Å². The van der Waals surface area contributed by atoms with Gasteiger partial charge in [0.2, 0.25) is 0 Å². The second-order valence-corrected chi connectivity index (χ2v) is 4.04. The van der Waals surface area contributed by atoms with Gasteiger partial charge in [-0.05, 0) is 32.9 Å². The monoisotopic (exact) mass is 194 g/mol. The molecule has 0 radical (unpaired) electrons. The molecule has 1 fully saturated rings. The van der Waals surface area contributed by atoms with Crippen LogP contribution in [0.25, 0.3) is 0 Å². The lowest BCUT2D eigenvalue weighted by Crippen LogP contribution is -2.30. The summed E-state index contributed by atoms with van der Waals surface area (Å²) in [4.78, 5) is 6.88. The van der Waals surface area contributed by atoms with Gasteiger partial charge in [0.25, 0.3) is 0 Å². The summed E-state index contributed by atoms with van der Waals surface area (Å²) >= 11 is 0. The van der Waals surface area contributed by atoms with E-state index in [-0.39, 0.29) is 0 Å². The summed E-state index contributed by atoms with van der Waals surface area (Å²) in [6.07, 6.45) is 4.04. The highest BCUT2D eigenvalue weighted by atomic mass is 15.3. The van der Waals surface area contributed by atoms with Crippen LogP contribution in [0.1, 0.15) is 30.9 Å². The van der Waals surface area contributed by atoms with Crippen molar-refractivity contribution >= 4 is 0 Å². The highest BCUT2D eigenvalue weighted by Gasteiger charge is 2.13. The van der Waals surface area contributed by atoms with Gasteiger partial charge in [-0.2, -0.15) is 5.10 Å². The number of hydrogen-bond donors (Lipinski definition) is 0. The molecule has 2 rings (SSSR count). The fourth-order valence-electron chi connectivity index (χ4n) is 2.01. The van der Waals surface area contributed by atoms with Crippen LogP contribution < -0.4 is 0 Å². The number of aryl methyl sites for hydroxylation is 2. The summed E-state index contributed by atoms with van der Waals surface area (Å²) in [7, 11) is 1.97. The summed E-state index contributed by atoms with van der Waals surface area (Å²) < 4.78 is 1.89. The zero-order valence-corrected chi connectivity index (χ0v) is 9.03. The smallest absolute Gasteiger partial charge is 0.147 e. The van der Waals surface area contributed by atoms with Crippen LogP contribution in [0, 0.1) is 6.92 Å². The highest BCUT2D eigenvalue weighted by molar-refractivity contribution is 4.90. The first-order valence-electron chi connectivity index (χ1n) is 5.34. The van der Waals surface area contributed by atoms with Crippen LogP contribution in [0.2, 0.25) is 0 Å². The first kappa shape index (κ1) is 9.65. The molecular formula is C10H18N4. The van der Waals surface area contributed by atoms with E-state index < -0.39 is 0 Å². The molecule has 1 aliphatic heterocycles. The quantitative estimate of drug-likeness (QED) is 0.707. The molecule has 1 aliphatic rings. The second-order valence-electron chi connectivity index (χ2n) is 4.04. The number of piperidine rings is 1. The Bertz CT molecular complexity index is 299. The van der Waals surface area contributed by atoms with Crippen LogP contribution in [0.3, 0.4) is 0 Å². The molecule has 4 nitrogen and oxygen atoms in total. The third-order valence-electron chi connectivity index (χ3n) is 2.77. The molecule has 1 aromatic heterocycles. The molecule has 1 aromatic rings. The SMILES string of the molecule is Cc1nc(CN2CCCCC2)n(C)n1. The van der Waals surface area contributed by atoms with Crippen molar-refractivity contribution in [1.82, 2.24) is 19.7 Å². The van der Waals surface area contributed by atoms with Crippen LogP contribution in [-0.2, 0) is 13.6 Å². The molecule has 0 amide bonds. The zero-order valence-electron chi connectivity index (χ0n) is 9.03. The van der Waals surface area contributed by atoms with Crippen molar-refractivity contribution in [3.63, 3.8) is 0 Å². The zero-order chi connectivity index (χ0) is 9.97. The van der Waals surface area contributed by atoms with Gasteiger partial charge in [-0.25, -0.2) is 4.98 Å². The number of aromatic nitrogens is 3. The summed E-state index contributed by atoms with van der Waals surface area (Å²) in [5.41, 5.74) is 0. The van der Waals surface area contributed by atoms with Crippen molar-refractivity contribution in [1.29, 1.82) is 0 Å². The standard InChI is InChI=1S/C10H18N4/c1-9-11-10(13(2)12-9)8-14-6-4-3-5-7-14/h3-8H2,1-2H3. The molecule has 0 aliphatic carbocycles. The van der Waals surface area contributed by atoms with E-state index in [1.54, 1.807) is 0 Å². The van der Waals surface area contributed by atoms with Crippen LogP contribution in [-0.4, -0.2) is 32.8 Å². The maximum atomic E-state index is 4.41. The minimum atomic E-state index is 0.875. The molecule has 0 N–H and O–H groups in total. The van der Waals surface area contributed by atoms with Gasteiger partial charge < -0.3 is 0 Å². The third-order valence-corrected chi connectivity index (χ3v) is 2.77. The van der Waals surface area contributed by atoms with Crippen LogP contribution in [0.15, 0.2) is 0 Å². The average Bonchev–Trinajstić information content (AvgIpc) is 2.47. The van der Waals surface area contributed by atoms with Crippen molar-refractivity contribution in [2.24, 2.45) is 7.05 Å². The summed E-state index contributed by atoms with van der Waals surface area (Å²) in [5, 5.41) is 4.26. The van der Waals surface area contributed by atoms with Gasteiger partial charge in [-0.3, -0.25) is 9.58 Å². The average molecular weight is 194 g/mol. The van der Waals surface area contributed by atoms with Crippen molar-refractivity contribution in [2.75, 3.05) is 13.1 Å². The van der Waals surface area contributed by atoms with E-state index in [9.17, 15) is 0 Å². The Morgan fingerprint density at radius 3 is 2.50 bits per heavy atom. The molecular weight excluding hydrogens is 176 g/mol. The van der Waals surface area contributed by atoms with E-state index in [2.05, 4.69) is 15.0 Å². The molecule has 0 aromatic carbocycles. The third kappa shape index (κ3) is 2.12. The van der Waals surface area contributed by atoms with E-state index in [1.165, 1.54) is 32.4 Å². The fraction of sp³-hybridized carbons (Fsp3) is 0.800. The normalized spacial score (nSPS) is 18.7. The maximum absolute atomic E-state index is 4.41. The molecule has 0 saturated carbocycles. The van der Waals surface area contributed by atoms with E-state index >= 15 is 0 Å². The van der Waals surface area contributed by atoms with E-state index in [1.807, 2.05) is 18.7 Å². The van der Waals surface area contributed by atoms with Crippen LogP contribution in [0.4, 0.5) is 0 Å². The lowest BCUT2D eigenvalue weighted by atomic mass is 10.1. The molecule has 4 heteroatoms. The molecule has 1 saturated heterocycles. The van der Waals surface area contributed by atoms with Crippen molar-refractivity contribution in [3.05, 3.63) is 11.6 Å². The van der Waals surface area contributed by atoms with Crippen LogP contribution >= 0.6 is 0 Å². The topological polar surface area (TPSA) is 34.0 Å². The number of nitrogens with zero attached hydrogens (tertiary/aromatic N) is 4. The first-order chi connectivity index (χ1) is 6.75. The number of rotatable bonds is 2. The molecule has 0 spiro atoms. The van der Waals surface area contributed by atoms with E-state index in [4.69, 9.17) is 0 Å². The Morgan fingerprint density at radius 1 is 1.21 bits per heavy atom. The van der Waals surface area contributed by atoms with Gasteiger partial charge in [-0.15, -0.1) is 0 Å². The van der Waals surface area contributed by atoms with Crippen molar-refractivity contribution in [3.8, 4) is 0 Å². The Morgan fingerprint density at radius 2 is 1.93 bits per heavy atom. The van der Waals surface area contributed by atoms with Crippen LogP contribution in [0.5, 0.6) is 0 Å². The number of hydrogen-bond acceptors (Lipinski definition) is 3. The van der Waals surface area contributed by atoms with E-state index in [0.29, 0.717) is 0 Å². The van der Waals surface area contributed by atoms with Crippen molar-refractivity contribution in [2.45, 2.75) is 32.7 Å². The summed E-state index contributed by atoms with van der Waals surface area (Å²) in [6.45, 7) is 5.33. The molecule has 0 atom stereocenters. The second kappa shape index (κ2) is 4.09. The van der Waals surface area contributed by atoms with Gasteiger partial charge >= 0.3 is 0 Å². The molecule has 0 unspecified atom stereocenters. The molecule has 0 bridgehead atoms. The van der Waals surface area contributed by atoms with Gasteiger partial charge in [0.05, 0.1) is 6.54 Å². The van der Waals surface area contributed by atoms with Gasteiger partial charge in [0.15, 0.2) is 0 Å². The summed E-state index contributed by atoms with van der Waals surface area (Å²) in [5.74, 6) is 1.96. The maximum Gasteiger partial charge on any atom is 0.147 e. The highest BCUT2D eigenvalue weighted by Crippen LogP contribution is 2.11.